The second kappa shape index (κ2) is 5.52. The summed E-state index contributed by atoms with van der Waals surface area (Å²) in [7, 11) is 0. The molecule has 0 fully saturated rings. The number of Topliss-reactive ketones (excluding diaryl/α,β-unsaturated/α-hetero) is 1. The molecule has 0 amide bonds. The Bertz CT molecular complexity index is 285. The van der Waals surface area contributed by atoms with E-state index in [1.165, 1.54) is 0 Å². The molecule has 0 aliphatic rings. The number of benzene rings is 1. The standard InChI is InChI=1S/C11H15NO2/c1-9(7-12)14-8-11(13)10-5-3-2-4-6-10/h2-6,9H,7-8,12H2,1H3. The van der Waals surface area contributed by atoms with Crippen molar-refractivity contribution in [3.63, 3.8) is 0 Å². The zero-order valence-corrected chi connectivity index (χ0v) is 8.27. The molecule has 0 aliphatic carbocycles. The van der Waals surface area contributed by atoms with Crippen molar-refractivity contribution in [2.75, 3.05) is 13.2 Å². The van der Waals surface area contributed by atoms with E-state index in [0.717, 1.165) is 0 Å². The Kier molecular flexibility index (Phi) is 4.29. The number of carbonyl (C=O) groups is 1. The molecule has 2 N–H and O–H groups in total. The first kappa shape index (κ1) is 10.9. The summed E-state index contributed by atoms with van der Waals surface area (Å²) in [5.41, 5.74) is 6.04. The van der Waals surface area contributed by atoms with E-state index in [1.54, 1.807) is 12.1 Å². The molecule has 0 heterocycles. The van der Waals surface area contributed by atoms with Gasteiger partial charge in [-0.2, -0.15) is 0 Å². The number of hydrogen-bond donors (Lipinski definition) is 1. The minimum atomic E-state index is -0.0670. The van der Waals surface area contributed by atoms with Crippen LogP contribution in [0, 0.1) is 0 Å². The molecule has 1 rings (SSSR count). The van der Waals surface area contributed by atoms with Gasteiger partial charge in [-0.15, -0.1) is 0 Å². The van der Waals surface area contributed by atoms with Crippen LogP contribution in [-0.4, -0.2) is 25.0 Å². The van der Waals surface area contributed by atoms with Gasteiger partial charge in [-0.3, -0.25) is 4.79 Å². The summed E-state index contributed by atoms with van der Waals surface area (Å²) in [6, 6.07) is 9.09. The zero-order valence-electron chi connectivity index (χ0n) is 8.27. The highest BCUT2D eigenvalue weighted by atomic mass is 16.5. The molecular weight excluding hydrogens is 178 g/mol. The topological polar surface area (TPSA) is 52.3 Å². The second-order valence-corrected chi connectivity index (χ2v) is 3.15. The Morgan fingerprint density at radius 2 is 2.07 bits per heavy atom. The van der Waals surface area contributed by atoms with Crippen LogP contribution >= 0.6 is 0 Å². The van der Waals surface area contributed by atoms with Gasteiger partial charge in [0, 0.05) is 12.1 Å². The Hall–Kier alpha value is -1.19. The highest BCUT2D eigenvalue weighted by Crippen LogP contribution is 2.01. The molecule has 0 bridgehead atoms. The molecule has 3 nitrogen and oxygen atoms in total. The fraction of sp³-hybridized carbons (Fsp3) is 0.364. The summed E-state index contributed by atoms with van der Waals surface area (Å²) in [6.45, 7) is 2.38. The highest BCUT2D eigenvalue weighted by Gasteiger charge is 2.06. The predicted octanol–water partition coefficient (Wildman–Crippen LogP) is 1.23. The van der Waals surface area contributed by atoms with Gasteiger partial charge in [-0.05, 0) is 6.92 Å². The van der Waals surface area contributed by atoms with Gasteiger partial charge in [-0.25, -0.2) is 0 Å². The summed E-state index contributed by atoms with van der Waals surface area (Å²) >= 11 is 0. The quantitative estimate of drug-likeness (QED) is 0.716. The monoisotopic (exact) mass is 193 g/mol. The SMILES string of the molecule is CC(CN)OCC(=O)c1ccccc1. The van der Waals surface area contributed by atoms with Crippen LogP contribution in [0.2, 0.25) is 0 Å². The molecule has 1 unspecified atom stereocenters. The largest absolute Gasteiger partial charge is 0.369 e. The lowest BCUT2D eigenvalue weighted by atomic mass is 10.1. The Morgan fingerprint density at radius 3 is 2.64 bits per heavy atom. The molecule has 1 atom stereocenters. The molecule has 0 aromatic heterocycles. The lowest BCUT2D eigenvalue weighted by molar-refractivity contribution is 0.0554. The predicted molar refractivity (Wildman–Crippen MR) is 55.2 cm³/mol. The summed E-state index contributed by atoms with van der Waals surface area (Å²) < 4.78 is 5.23. The first-order chi connectivity index (χ1) is 6.74. The van der Waals surface area contributed by atoms with Crippen molar-refractivity contribution in [3.05, 3.63) is 35.9 Å². The lowest BCUT2D eigenvalue weighted by Gasteiger charge is -2.09. The van der Waals surface area contributed by atoms with E-state index in [1.807, 2.05) is 25.1 Å². The number of hydrogen-bond acceptors (Lipinski definition) is 3. The average Bonchev–Trinajstić information content (AvgIpc) is 2.26. The fourth-order valence-electron chi connectivity index (χ4n) is 0.993. The fourth-order valence-corrected chi connectivity index (χ4v) is 0.993. The van der Waals surface area contributed by atoms with E-state index in [9.17, 15) is 4.79 Å². The molecule has 76 valence electrons. The van der Waals surface area contributed by atoms with Gasteiger partial charge in [-0.1, -0.05) is 30.3 Å². The van der Waals surface area contributed by atoms with Gasteiger partial charge in [0.2, 0.25) is 0 Å². The van der Waals surface area contributed by atoms with Crippen molar-refractivity contribution < 1.29 is 9.53 Å². The second-order valence-electron chi connectivity index (χ2n) is 3.15. The van der Waals surface area contributed by atoms with E-state index in [-0.39, 0.29) is 18.5 Å². The summed E-state index contributed by atoms with van der Waals surface area (Å²) in [4.78, 5) is 11.5. The first-order valence-corrected chi connectivity index (χ1v) is 4.64. The summed E-state index contributed by atoms with van der Waals surface area (Å²) in [6.07, 6.45) is -0.0670. The van der Waals surface area contributed by atoms with Crippen molar-refractivity contribution in [3.8, 4) is 0 Å². The van der Waals surface area contributed by atoms with E-state index in [2.05, 4.69) is 0 Å². The Morgan fingerprint density at radius 1 is 1.43 bits per heavy atom. The molecular formula is C11H15NO2. The first-order valence-electron chi connectivity index (χ1n) is 4.64. The number of carbonyl (C=O) groups excluding carboxylic acids is 1. The van der Waals surface area contributed by atoms with Gasteiger partial charge in [0.25, 0.3) is 0 Å². The van der Waals surface area contributed by atoms with E-state index in [0.29, 0.717) is 12.1 Å². The third-order valence-corrected chi connectivity index (χ3v) is 1.93. The normalized spacial score (nSPS) is 12.4. The number of ether oxygens (including phenoxy) is 1. The van der Waals surface area contributed by atoms with Crippen molar-refractivity contribution in [2.45, 2.75) is 13.0 Å². The molecule has 0 aliphatic heterocycles. The maximum Gasteiger partial charge on any atom is 0.188 e. The molecule has 0 radical (unpaired) electrons. The van der Waals surface area contributed by atoms with Crippen LogP contribution in [0.15, 0.2) is 30.3 Å². The smallest absolute Gasteiger partial charge is 0.188 e. The third-order valence-electron chi connectivity index (χ3n) is 1.93. The van der Waals surface area contributed by atoms with Gasteiger partial charge in [0.15, 0.2) is 5.78 Å². The summed E-state index contributed by atoms with van der Waals surface area (Å²) in [5, 5.41) is 0. The van der Waals surface area contributed by atoms with Crippen molar-refractivity contribution in [1.82, 2.24) is 0 Å². The lowest BCUT2D eigenvalue weighted by Crippen LogP contribution is -2.23. The van der Waals surface area contributed by atoms with E-state index in [4.69, 9.17) is 10.5 Å². The van der Waals surface area contributed by atoms with Gasteiger partial charge >= 0.3 is 0 Å². The van der Waals surface area contributed by atoms with Crippen LogP contribution in [0.4, 0.5) is 0 Å². The molecule has 1 aromatic rings. The number of rotatable bonds is 5. The van der Waals surface area contributed by atoms with Crippen LogP contribution in [0.25, 0.3) is 0 Å². The van der Waals surface area contributed by atoms with Crippen molar-refractivity contribution in [1.29, 1.82) is 0 Å². The van der Waals surface area contributed by atoms with Crippen molar-refractivity contribution >= 4 is 5.78 Å². The van der Waals surface area contributed by atoms with Gasteiger partial charge < -0.3 is 10.5 Å². The molecule has 0 saturated carbocycles. The van der Waals surface area contributed by atoms with E-state index < -0.39 is 0 Å². The van der Waals surface area contributed by atoms with Crippen LogP contribution in [0.1, 0.15) is 17.3 Å². The van der Waals surface area contributed by atoms with Gasteiger partial charge in [0.1, 0.15) is 6.61 Å². The molecule has 14 heavy (non-hydrogen) atoms. The maximum atomic E-state index is 11.5. The Labute approximate surface area is 83.9 Å². The Balaban J connectivity index is 2.44. The molecule has 3 heteroatoms. The minimum absolute atomic E-state index is 0.00843. The van der Waals surface area contributed by atoms with Gasteiger partial charge in [0.05, 0.1) is 6.10 Å². The zero-order chi connectivity index (χ0) is 10.4. The number of nitrogens with two attached hydrogens (primary N) is 1. The molecule has 0 saturated heterocycles. The minimum Gasteiger partial charge on any atom is -0.369 e. The highest BCUT2D eigenvalue weighted by molar-refractivity contribution is 5.96. The summed E-state index contributed by atoms with van der Waals surface area (Å²) in [5.74, 6) is -0.00843. The average molecular weight is 193 g/mol. The third kappa shape index (κ3) is 3.28. The van der Waals surface area contributed by atoms with Crippen LogP contribution in [-0.2, 0) is 4.74 Å². The molecule has 1 aromatic carbocycles. The number of ketones is 1. The van der Waals surface area contributed by atoms with Crippen LogP contribution in [0.3, 0.4) is 0 Å². The van der Waals surface area contributed by atoms with Crippen molar-refractivity contribution in [2.24, 2.45) is 5.73 Å². The molecule has 0 spiro atoms. The van der Waals surface area contributed by atoms with Crippen LogP contribution in [0.5, 0.6) is 0 Å². The maximum absolute atomic E-state index is 11.5. The van der Waals surface area contributed by atoms with E-state index >= 15 is 0 Å². The van der Waals surface area contributed by atoms with Crippen LogP contribution < -0.4 is 5.73 Å².